The number of carbonyl (C=O) groups excluding carboxylic acids is 1. The van der Waals surface area contributed by atoms with Gasteiger partial charge in [0.2, 0.25) is 5.91 Å². The number of carbonyl (C=O) groups is 1. The van der Waals surface area contributed by atoms with Crippen molar-refractivity contribution >= 4 is 5.91 Å². The van der Waals surface area contributed by atoms with Crippen LogP contribution in [0.5, 0.6) is 0 Å². The largest absolute Gasteiger partial charge is 0.391 e. The van der Waals surface area contributed by atoms with Crippen molar-refractivity contribution in [1.82, 2.24) is 14.8 Å². The van der Waals surface area contributed by atoms with Crippen LogP contribution >= 0.6 is 0 Å². The summed E-state index contributed by atoms with van der Waals surface area (Å²) in [5, 5.41) is 10.2. The van der Waals surface area contributed by atoms with Gasteiger partial charge in [0.25, 0.3) is 0 Å². The maximum atomic E-state index is 12.2. The third kappa shape index (κ3) is 3.60. The third-order valence-electron chi connectivity index (χ3n) is 4.51. The van der Waals surface area contributed by atoms with Gasteiger partial charge in [0.1, 0.15) is 0 Å². The standard InChI is InChI=1S/C16H23N3O2/c20-15-12-18(10-13-4-3-5-17-9-13)11-14(15)8-16(21)19-6-1-2-7-19/h3-5,9,14-15,20H,1-2,6-8,10-12H2/t14-,15-/m0/s1. The summed E-state index contributed by atoms with van der Waals surface area (Å²) >= 11 is 0. The molecular weight excluding hydrogens is 266 g/mol. The summed E-state index contributed by atoms with van der Waals surface area (Å²) in [6.07, 6.45) is 5.94. The molecule has 3 rings (SSSR count). The van der Waals surface area contributed by atoms with Crippen molar-refractivity contribution in [2.24, 2.45) is 5.92 Å². The minimum atomic E-state index is -0.395. The van der Waals surface area contributed by atoms with E-state index < -0.39 is 6.10 Å². The fourth-order valence-electron chi connectivity index (χ4n) is 3.34. The van der Waals surface area contributed by atoms with Crippen molar-refractivity contribution in [2.75, 3.05) is 26.2 Å². The van der Waals surface area contributed by atoms with E-state index in [-0.39, 0.29) is 11.8 Å². The average molecular weight is 289 g/mol. The Balaban J connectivity index is 1.52. The predicted molar refractivity (Wildman–Crippen MR) is 79.4 cm³/mol. The van der Waals surface area contributed by atoms with Crippen molar-refractivity contribution in [3.8, 4) is 0 Å². The van der Waals surface area contributed by atoms with E-state index in [2.05, 4.69) is 9.88 Å². The topological polar surface area (TPSA) is 56.7 Å². The molecule has 0 saturated carbocycles. The average Bonchev–Trinajstić information content (AvgIpc) is 3.11. The number of hydrogen-bond donors (Lipinski definition) is 1. The number of nitrogens with zero attached hydrogens (tertiary/aromatic N) is 3. The molecule has 1 amide bonds. The van der Waals surface area contributed by atoms with Gasteiger partial charge >= 0.3 is 0 Å². The Kier molecular flexibility index (Phi) is 4.51. The summed E-state index contributed by atoms with van der Waals surface area (Å²) in [6.45, 7) is 4.00. The van der Waals surface area contributed by atoms with Crippen LogP contribution < -0.4 is 0 Å². The van der Waals surface area contributed by atoms with Gasteiger partial charge < -0.3 is 10.0 Å². The van der Waals surface area contributed by atoms with Crippen molar-refractivity contribution in [3.63, 3.8) is 0 Å². The lowest BCUT2D eigenvalue weighted by molar-refractivity contribution is -0.131. The lowest BCUT2D eigenvalue weighted by atomic mass is 10.0. The number of amides is 1. The van der Waals surface area contributed by atoms with Gasteiger partial charge in [-0.15, -0.1) is 0 Å². The Morgan fingerprint density at radius 2 is 2.14 bits per heavy atom. The molecule has 1 aromatic rings. The zero-order valence-corrected chi connectivity index (χ0v) is 12.3. The molecule has 1 N–H and O–H groups in total. The van der Waals surface area contributed by atoms with Crippen molar-refractivity contribution in [3.05, 3.63) is 30.1 Å². The fraction of sp³-hybridized carbons (Fsp3) is 0.625. The highest BCUT2D eigenvalue weighted by molar-refractivity contribution is 5.76. The van der Waals surface area contributed by atoms with Gasteiger partial charge in [-0.1, -0.05) is 6.07 Å². The molecular formula is C16H23N3O2. The van der Waals surface area contributed by atoms with Crippen LogP contribution in [0.4, 0.5) is 0 Å². The zero-order valence-electron chi connectivity index (χ0n) is 12.3. The Hall–Kier alpha value is -1.46. The highest BCUT2D eigenvalue weighted by atomic mass is 16.3. The Labute approximate surface area is 125 Å². The molecule has 2 saturated heterocycles. The summed E-state index contributed by atoms with van der Waals surface area (Å²) in [7, 11) is 0. The first-order valence-corrected chi connectivity index (χ1v) is 7.79. The van der Waals surface area contributed by atoms with Crippen LogP contribution in [0.2, 0.25) is 0 Å². The maximum absolute atomic E-state index is 12.2. The van der Waals surface area contributed by atoms with Gasteiger partial charge in [-0.05, 0) is 24.5 Å². The number of rotatable bonds is 4. The Bertz CT molecular complexity index is 474. The molecule has 114 valence electrons. The highest BCUT2D eigenvalue weighted by Crippen LogP contribution is 2.23. The van der Waals surface area contributed by atoms with Gasteiger partial charge in [-0.25, -0.2) is 0 Å². The minimum Gasteiger partial charge on any atom is -0.391 e. The number of aliphatic hydroxyl groups excluding tert-OH is 1. The number of hydrogen-bond acceptors (Lipinski definition) is 4. The molecule has 2 fully saturated rings. The molecule has 0 radical (unpaired) electrons. The third-order valence-corrected chi connectivity index (χ3v) is 4.51. The van der Waals surface area contributed by atoms with E-state index in [1.54, 1.807) is 6.20 Å². The normalized spacial score (nSPS) is 26.4. The van der Waals surface area contributed by atoms with Crippen LogP contribution in [0.25, 0.3) is 0 Å². The summed E-state index contributed by atoms with van der Waals surface area (Å²) in [6, 6.07) is 3.97. The number of pyridine rings is 1. The monoisotopic (exact) mass is 289 g/mol. The van der Waals surface area contributed by atoms with Crippen LogP contribution in [-0.2, 0) is 11.3 Å². The minimum absolute atomic E-state index is 0.0646. The van der Waals surface area contributed by atoms with Crippen LogP contribution in [0.1, 0.15) is 24.8 Å². The smallest absolute Gasteiger partial charge is 0.222 e. The van der Waals surface area contributed by atoms with E-state index in [1.165, 1.54) is 0 Å². The molecule has 2 aliphatic rings. The molecule has 0 aliphatic carbocycles. The quantitative estimate of drug-likeness (QED) is 0.894. The Morgan fingerprint density at radius 1 is 1.33 bits per heavy atom. The number of β-amino-alcohol motifs (C(OH)–C–C–N with tert-alkyl or cyclic N) is 1. The number of aliphatic hydroxyl groups is 1. The van der Waals surface area contributed by atoms with Gasteiger partial charge in [0.15, 0.2) is 0 Å². The number of aromatic nitrogens is 1. The molecule has 5 heteroatoms. The second-order valence-electron chi connectivity index (χ2n) is 6.17. The maximum Gasteiger partial charge on any atom is 0.222 e. The highest BCUT2D eigenvalue weighted by Gasteiger charge is 2.34. The zero-order chi connectivity index (χ0) is 14.7. The van der Waals surface area contributed by atoms with Crippen molar-refractivity contribution in [1.29, 1.82) is 0 Å². The number of likely N-dealkylation sites (tertiary alicyclic amines) is 2. The predicted octanol–water partition coefficient (Wildman–Crippen LogP) is 0.887. The molecule has 2 atom stereocenters. The van der Waals surface area contributed by atoms with E-state index in [4.69, 9.17) is 0 Å². The van der Waals surface area contributed by atoms with Crippen molar-refractivity contribution in [2.45, 2.75) is 31.9 Å². The van der Waals surface area contributed by atoms with E-state index in [0.29, 0.717) is 13.0 Å². The summed E-state index contributed by atoms with van der Waals surface area (Å²) in [4.78, 5) is 20.5. The fourth-order valence-corrected chi connectivity index (χ4v) is 3.34. The summed E-state index contributed by atoms with van der Waals surface area (Å²) < 4.78 is 0. The molecule has 0 spiro atoms. The molecule has 0 aromatic carbocycles. The first kappa shape index (κ1) is 14.5. The molecule has 5 nitrogen and oxygen atoms in total. The van der Waals surface area contributed by atoms with Crippen LogP contribution in [0.15, 0.2) is 24.5 Å². The second-order valence-corrected chi connectivity index (χ2v) is 6.17. The SMILES string of the molecule is O=C(C[C@H]1CN(Cc2cccnc2)C[C@@H]1O)N1CCCC1. The molecule has 1 aromatic heterocycles. The van der Waals surface area contributed by atoms with Crippen LogP contribution in [-0.4, -0.2) is 58.1 Å². The van der Waals surface area contributed by atoms with Crippen molar-refractivity contribution < 1.29 is 9.90 Å². The van der Waals surface area contributed by atoms with E-state index in [1.807, 2.05) is 23.2 Å². The second kappa shape index (κ2) is 6.54. The lowest BCUT2D eigenvalue weighted by Crippen LogP contribution is -2.32. The van der Waals surface area contributed by atoms with Crippen LogP contribution in [0, 0.1) is 5.92 Å². The van der Waals surface area contributed by atoms with E-state index in [0.717, 1.165) is 44.6 Å². The molecule has 2 aliphatic heterocycles. The first-order valence-electron chi connectivity index (χ1n) is 7.79. The van der Waals surface area contributed by atoms with Gasteiger partial charge in [-0.3, -0.25) is 14.7 Å². The van der Waals surface area contributed by atoms with Gasteiger partial charge in [0.05, 0.1) is 6.10 Å². The molecule has 3 heterocycles. The Morgan fingerprint density at radius 3 is 2.86 bits per heavy atom. The lowest BCUT2D eigenvalue weighted by Gasteiger charge is -2.19. The molecule has 21 heavy (non-hydrogen) atoms. The summed E-state index contributed by atoms with van der Waals surface area (Å²) in [5.74, 6) is 0.273. The van der Waals surface area contributed by atoms with Gasteiger partial charge in [-0.2, -0.15) is 0 Å². The summed E-state index contributed by atoms with van der Waals surface area (Å²) in [5.41, 5.74) is 1.15. The first-order chi connectivity index (χ1) is 10.2. The van der Waals surface area contributed by atoms with E-state index in [9.17, 15) is 9.90 Å². The molecule has 0 unspecified atom stereocenters. The van der Waals surface area contributed by atoms with E-state index >= 15 is 0 Å². The van der Waals surface area contributed by atoms with Crippen LogP contribution in [0.3, 0.4) is 0 Å². The van der Waals surface area contributed by atoms with Gasteiger partial charge in [0, 0.05) is 57.5 Å². The molecule has 0 bridgehead atoms.